The summed E-state index contributed by atoms with van der Waals surface area (Å²) in [5.74, 6) is 6.85. The van der Waals surface area contributed by atoms with Crippen LogP contribution in [0.4, 0.5) is 0 Å². The fourth-order valence-corrected chi connectivity index (χ4v) is 1.24. The summed E-state index contributed by atoms with van der Waals surface area (Å²) in [6, 6.07) is 0.130. The van der Waals surface area contributed by atoms with Crippen molar-refractivity contribution in [1.82, 2.24) is 15.0 Å². The van der Waals surface area contributed by atoms with Crippen molar-refractivity contribution in [3.05, 3.63) is 18.2 Å². The Kier molecular flexibility index (Phi) is 2.83. The molecule has 0 radical (unpaired) electrons. The van der Waals surface area contributed by atoms with Gasteiger partial charge in [0.2, 0.25) is 0 Å². The van der Waals surface area contributed by atoms with Crippen LogP contribution >= 0.6 is 0 Å². The van der Waals surface area contributed by atoms with Gasteiger partial charge < -0.3 is 4.57 Å². The van der Waals surface area contributed by atoms with E-state index in [-0.39, 0.29) is 6.04 Å². The fraction of sp³-hybridized carbons (Fsp3) is 0.625. The molecule has 1 aromatic rings. The lowest BCUT2D eigenvalue weighted by molar-refractivity contribution is 0.394. The monoisotopic (exact) mass is 168 g/mol. The third-order valence-corrected chi connectivity index (χ3v) is 1.98. The van der Waals surface area contributed by atoms with Gasteiger partial charge >= 0.3 is 0 Å². The number of imidazole rings is 1. The van der Waals surface area contributed by atoms with Gasteiger partial charge in [-0.25, -0.2) is 10.4 Å². The lowest BCUT2D eigenvalue weighted by Gasteiger charge is -2.18. The van der Waals surface area contributed by atoms with E-state index in [1.807, 2.05) is 17.8 Å². The summed E-state index contributed by atoms with van der Waals surface area (Å²) in [5, 5.41) is 0. The molecule has 0 bridgehead atoms. The molecule has 0 fully saturated rings. The van der Waals surface area contributed by atoms with E-state index in [0.717, 1.165) is 5.82 Å². The van der Waals surface area contributed by atoms with Crippen molar-refractivity contribution >= 4 is 0 Å². The van der Waals surface area contributed by atoms with Crippen molar-refractivity contribution in [3.8, 4) is 0 Å². The normalized spacial score (nSPS) is 13.8. The molecule has 0 saturated carbocycles. The zero-order valence-electron chi connectivity index (χ0n) is 7.78. The second-order valence-electron chi connectivity index (χ2n) is 3.28. The molecule has 12 heavy (non-hydrogen) atoms. The molecule has 0 spiro atoms. The van der Waals surface area contributed by atoms with Crippen molar-refractivity contribution in [2.45, 2.75) is 19.9 Å². The standard InChI is InChI=1S/C8H16N4/c1-6(2)7(11-9)8-10-4-5-12(8)3/h4-7,11H,9H2,1-3H3. The van der Waals surface area contributed by atoms with Crippen LogP contribution in [0, 0.1) is 5.92 Å². The molecule has 0 aliphatic heterocycles. The Morgan fingerprint density at radius 3 is 2.58 bits per heavy atom. The number of nitrogens with one attached hydrogen (secondary N) is 1. The molecule has 0 amide bonds. The molecule has 1 unspecified atom stereocenters. The first-order valence-corrected chi connectivity index (χ1v) is 4.10. The number of aryl methyl sites for hydroxylation is 1. The number of hydrogen-bond donors (Lipinski definition) is 2. The molecular formula is C8H16N4. The summed E-state index contributed by atoms with van der Waals surface area (Å²) in [5.41, 5.74) is 2.76. The molecule has 68 valence electrons. The molecule has 0 aromatic carbocycles. The summed E-state index contributed by atoms with van der Waals surface area (Å²) in [6.45, 7) is 4.22. The van der Waals surface area contributed by atoms with E-state index >= 15 is 0 Å². The van der Waals surface area contributed by atoms with Crippen LogP contribution in [-0.4, -0.2) is 9.55 Å². The first-order valence-electron chi connectivity index (χ1n) is 4.10. The third kappa shape index (κ3) is 1.65. The van der Waals surface area contributed by atoms with E-state index in [2.05, 4.69) is 24.3 Å². The highest BCUT2D eigenvalue weighted by atomic mass is 15.3. The predicted molar refractivity (Wildman–Crippen MR) is 48.1 cm³/mol. The lowest BCUT2D eigenvalue weighted by atomic mass is 10.0. The summed E-state index contributed by atoms with van der Waals surface area (Å²) in [6.07, 6.45) is 3.70. The van der Waals surface area contributed by atoms with E-state index in [1.165, 1.54) is 0 Å². The molecule has 0 aliphatic carbocycles. The van der Waals surface area contributed by atoms with Gasteiger partial charge in [0.15, 0.2) is 0 Å². The molecular weight excluding hydrogens is 152 g/mol. The van der Waals surface area contributed by atoms with Gasteiger partial charge in [-0.15, -0.1) is 0 Å². The van der Waals surface area contributed by atoms with Gasteiger partial charge in [-0.1, -0.05) is 13.8 Å². The van der Waals surface area contributed by atoms with Crippen LogP contribution in [0.1, 0.15) is 25.7 Å². The zero-order valence-corrected chi connectivity index (χ0v) is 7.78. The average molecular weight is 168 g/mol. The highest BCUT2D eigenvalue weighted by molar-refractivity contribution is 4.99. The van der Waals surface area contributed by atoms with Gasteiger partial charge in [-0.3, -0.25) is 5.84 Å². The Hall–Kier alpha value is -0.870. The van der Waals surface area contributed by atoms with Gasteiger partial charge in [0.1, 0.15) is 5.82 Å². The molecule has 1 aromatic heterocycles. The Balaban J connectivity index is 2.87. The molecule has 1 rings (SSSR count). The number of aromatic nitrogens is 2. The topological polar surface area (TPSA) is 55.9 Å². The summed E-state index contributed by atoms with van der Waals surface area (Å²) >= 11 is 0. The van der Waals surface area contributed by atoms with Gasteiger partial charge in [-0.2, -0.15) is 0 Å². The quantitative estimate of drug-likeness (QED) is 0.513. The second-order valence-corrected chi connectivity index (χ2v) is 3.28. The molecule has 4 nitrogen and oxygen atoms in total. The van der Waals surface area contributed by atoms with Crippen LogP contribution in [-0.2, 0) is 7.05 Å². The minimum absolute atomic E-state index is 0.130. The summed E-state index contributed by atoms with van der Waals surface area (Å²) < 4.78 is 1.98. The van der Waals surface area contributed by atoms with Crippen LogP contribution in [0.5, 0.6) is 0 Å². The highest BCUT2D eigenvalue weighted by Gasteiger charge is 2.17. The van der Waals surface area contributed by atoms with Crippen LogP contribution < -0.4 is 11.3 Å². The SMILES string of the molecule is CC(C)C(NN)c1nccn1C. The Morgan fingerprint density at radius 1 is 1.58 bits per heavy atom. The number of nitrogens with two attached hydrogens (primary N) is 1. The maximum absolute atomic E-state index is 5.43. The molecule has 4 heteroatoms. The van der Waals surface area contributed by atoms with Gasteiger partial charge in [0, 0.05) is 19.4 Å². The minimum atomic E-state index is 0.130. The number of nitrogens with zero attached hydrogens (tertiary/aromatic N) is 2. The molecule has 1 heterocycles. The van der Waals surface area contributed by atoms with Gasteiger partial charge in [0.05, 0.1) is 6.04 Å². The van der Waals surface area contributed by atoms with Crippen LogP contribution in [0.3, 0.4) is 0 Å². The molecule has 0 saturated heterocycles. The van der Waals surface area contributed by atoms with Gasteiger partial charge in [0.25, 0.3) is 0 Å². The van der Waals surface area contributed by atoms with Crippen molar-refractivity contribution < 1.29 is 0 Å². The summed E-state index contributed by atoms with van der Waals surface area (Å²) in [7, 11) is 1.97. The maximum atomic E-state index is 5.43. The van der Waals surface area contributed by atoms with Crippen LogP contribution in [0.15, 0.2) is 12.4 Å². The van der Waals surface area contributed by atoms with E-state index in [1.54, 1.807) is 6.20 Å². The van der Waals surface area contributed by atoms with Crippen molar-refractivity contribution in [2.24, 2.45) is 18.8 Å². The van der Waals surface area contributed by atoms with Gasteiger partial charge in [-0.05, 0) is 5.92 Å². The third-order valence-electron chi connectivity index (χ3n) is 1.98. The largest absolute Gasteiger partial charge is 0.337 e. The first-order chi connectivity index (χ1) is 5.66. The van der Waals surface area contributed by atoms with Crippen molar-refractivity contribution in [2.75, 3.05) is 0 Å². The molecule has 3 N–H and O–H groups in total. The number of hydrazine groups is 1. The van der Waals surface area contributed by atoms with E-state index in [0.29, 0.717) is 5.92 Å². The van der Waals surface area contributed by atoms with Crippen molar-refractivity contribution in [1.29, 1.82) is 0 Å². The first kappa shape index (κ1) is 9.22. The Labute approximate surface area is 72.8 Å². The summed E-state index contributed by atoms with van der Waals surface area (Å²) in [4.78, 5) is 4.23. The smallest absolute Gasteiger partial charge is 0.127 e. The lowest BCUT2D eigenvalue weighted by Crippen LogP contribution is -2.33. The van der Waals surface area contributed by atoms with Crippen LogP contribution in [0.25, 0.3) is 0 Å². The maximum Gasteiger partial charge on any atom is 0.127 e. The Bertz CT molecular complexity index is 241. The average Bonchev–Trinajstić information content (AvgIpc) is 2.38. The van der Waals surface area contributed by atoms with E-state index in [4.69, 9.17) is 5.84 Å². The minimum Gasteiger partial charge on any atom is -0.337 e. The number of rotatable bonds is 3. The Morgan fingerprint density at radius 2 is 2.25 bits per heavy atom. The molecule has 0 aliphatic rings. The highest BCUT2D eigenvalue weighted by Crippen LogP contribution is 2.17. The predicted octanol–water partition coefficient (Wildman–Crippen LogP) is 0.580. The van der Waals surface area contributed by atoms with E-state index in [9.17, 15) is 0 Å². The molecule has 1 atom stereocenters. The zero-order chi connectivity index (χ0) is 9.14. The second kappa shape index (κ2) is 3.69. The van der Waals surface area contributed by atoms with Crippen LogP contribution in [0.2, 0.25) is 0 Å². The fourth-order valence-electron chi connectivity index (χ4n) is 1.24. The van der Waals surface area contributed by atoms with E-state index < -0.39 is 0 Å². The van der Waals surface area contributed by atoms with Crippen molar-refractivity contribution in [3.63, 3.8) is 0 Å². The number of hydrogen-bond acceptors (Lipinski definition) is 3.